The van der Waals surface area contributed by atoms with Crippen LogP contribution in [0.2, 0.25) is 0 Å². The van der Waals surface area contributed by atoms with Crippen LogP contribution >= 0.6 is 11.3 Å². The van der Waals surface area contributed by atoms with Crippen molar-refractivity contribution in [2.45, 2.75) is 32.4 Å². The van der Waals surface area contributed by atoms with Gasteiger partial charge in [-0.2, -0.15) is 0 Å². The van der Waals surface area contributed by atoms with Crippen LogP contribution in [0, 0.1) is 0 Å². The second kappa shape index (κ2) is 16.0. The molecule has 0 aliphatic carbocycles. The van der Waals surface area contributed by atoms with E-state index in [0.717, 1.165) is 86.5 Å². The molecule has 0 spiro atoms. The van der Waals surface area contributed by atoms with Crippen molar-refractivity contribution in [3.05, 3.63) is 89.1 Å². The molecule has 232 valence electrons. The molecule has 2 aromatic carbocycles. The standard InChI is InChI=1S/C33H40N6O4S/c1-38(23-25-13-15-35-16-14-25)33-36-31(30(44-33)24-39-17-21-41-22-18-39)26-5-9-28(10-6-26)42-19-3-2-4-20-43-29-11-7-27(8-12-29)32(34)37-40/h5-16,40H,2-4,17-24H2,1H3,(H2,34,37). The third kappa shape index (κ3) is 8.91. The summed E-state index contributed by atoms with van der Waals surface area (Å²) in [6.45, 7) is 6.32. The highest BCUT2D eigenvalue weighted by Gasteiger charge is 2.20. The molecule has 1 saturated heterocycles. The highest BCUT2D eigenvalue weighted by molar-refractivity contribution is 7.16. The first-order valence-corrected chi connectivity index (χ1v) is 15.7. The van der Waals surface area contributed by atoms with Crippen molar-refractivity contribution in [1.82, 2.24) is 14.9 Å². The van der Waals surface area contributed by atoms with Crippen molar-refractivity contribution in [3.8, 4) is 22.8 Å². The zero-order chi connectivity index (χ0) is 30.6. The molecule has 1 fully saturated rings. The van der Waals surface area contributed by atoms with Crippen LogP contribution < -0.4 is 20.1 Å². The summed E-state index contributed by atoms with van der Waals surface area (Å²) in [5, 5.41) is 12.8. The number of oxime groups is 1. The Labute approximate surface area is 262 Å². The molecule has 3 N–H and O–H groups in total. The lowest BCUT2D eigenvalue weighted by molar-refractivity contribution is 0.0347. The Morgan fingerprint density at radius 2 is 1.59 bits per heavy atom. The molecule has 2 aromatic heterocycles. The Hall–Kier alpha value is -4.19. The van der Waals surface area contributed by atoms with E-state index in [0.29, 0.717) is 18.8 Å². The SMILES string of the molecule is CN(Cc1ccncc1)c1nc(-c2ccc(OCCCCCOc3ccc(/C(N)=N/O)cc3)cc2)c(CN2CCOCC2)s1. The number of thiazole rings is 1. The molecular weight excluding hydrogens is 576 g/mol. The highest BCUT2D eigenvalue weighted by Crippen LogP contribution is 2.35. The normalized spacial score (nSPS) is 14.0. The first-order valence-electron chi connectivity index (χ1n) is 14.9. The second-order valence-electron chi connectivity index (χ2n) is 10.7. The summed E-state index contributed by atoms with van der Waals surface area (Å²) >= 11 is 1.76. The minimum absolute atomic E-state index is 0.0811. The van der Waals surface area contributed by atoms with Crippen molar-refractivity contribution in [2.75, 3.05) is 51.5 Å². The molecular formula is C33H40N6O4S. The van der Waals surface area contributed by atoms with E-state index in [1.54, 1.807) is 23.5 Å². The van der Waals surface area contributed by atoms with Gasteiger partial charge < -0.3 is 30.1 Å². The molecule has 44 heavy (non-hydrogen) atoms. The van der Waals surface area contributed by atoms with Gasteiger partial charge in [-0.05, 0) is 85.5 Å². The van der Waals surface area contributed by atoms with Gasteiger partial charge in [-0.15, -0.1) is 0 Å². The Morgan fingerprint density at radius 1 is 0.955 bits per heavy atom. The van der Waals surface area contributed by atoms with Gasteiger partial charge in [0.25, 0.3) is 0 Å². The number of unbranched alkanes of at least 4 members (excludes halogenated alkanes) is 2. The lowest BCUT2D eigenvalue weighted by Crippen LogP contribution is -2.35. The van der Waals surface area contributed by atoms with Gasteiger partial charge in [0.15, 0.2) is 11.0 Å². The van der Waals surface area contributed by atoms with Gasteiger partial charge >= 0.3 is 0 Å². The number of benzene rings is 2. The average molecular weight is 617 g/mol. The summed E-state index contributed by atoms with van der Waals surface area (Å²) in [6.07, 6.45) is 6.53. The van der Waals surface area contributed by atoms with Gasteiger partial charge in [0.1, 0.15) is 11.5 Å². The summed E-state index contributed by atoms with van der Waals surface area (Å²) < 4.78 is 17.4. The van der Waals surface area contributed by atoms with E-state index in [9.17, 15) is 0 Å². The summed E-state index contributed by atoms with van der Waals surface area (Å²) in [5.41, 5.74) is 9.58. The van der Waals surface area contributed by atoms with Gasteiger partial charge in [0.2, 0.25) is 0 Å². The zero-order valence-corrected chi connectivity index (χ0v) is 25.9. The molecule has 11 heteroatoms. The zero-order valence-electron chi connectivity index (χ0n) is 25.1. The summed E-state index contributed by atoms with van der Waals surface area (Å²) in [4.78, 5) is 15.2. The van der Waals surface area contributed by atoms with Crippen LogP contribution in [0.4, 0.5) is 5.13 Å². The lowest BCUT2D eigenvalue weighted by atomic mass is 10.1. The fraction of sp³-hybridized carbons (Fsp3) is 0.364. The molecule has 0 bridgehead atoms. The molecule has 4 aromatic rings. The van der Waals surface area contributed by atoms with Crippen molar-refractivity contribution in [1.29, 1.82) is 0 Å². The summed E-state index contributed by atoms with van der Waals surface area (Å²) in [6, 6.07) is 19.6. The predicted octanol–water partition coefficient (Wildman–Crippen LogP) is 5.40. The number of ether oxygens (including phenoxy) is 3. The highest BCUT2D eigenvalue weighted by atomic mass is 32.1. The van der Waals surface area contributed by atoms with Gasteiger partial charge in [-0.25, -0.2) is 4.98 Å². The smallest absolute Gasteiger partial charge is 0.186 e. The molecule has 0 radical (unpaired) electrons. The van der Waals surface area contributed by atoms with E-state index in [1.165, 1.54) is 10.4 Å². The van der Waals surface area contributed by atoms with Crippen molar-refractivity contribution in [3.63, 3.8) is 0 Å². The molecule has 0 unspecified atom stereocenters. The van der Waals surface area contributed by atoms with Crippen LogP contribution in [0.5, 0.6) is 11.5 Å². The van der Waals surface area contributed by atoms with Crippen molar-refractivity contribution >= 4 is 22.3 Å². The van der Waals surface area contributed by atoms with Crippen LogP contribution in [0.15, 0.2) is 78.2 Å². The summed E-state index contributed by atoms with van der Waals surface area (Å²) in [7, 11) is 2.09. The monoisotopic (exact) mass is 616 g/mol. The number of rotatable bonds is 15. The molecule has 5 rings (SSSR count). The molecule has 1 aliphatic rings. The van der Waals surface area contributed by atoms with Gasteiger partial charge in [0, 0.05) is 61.6 Å². The lowest BCUT2D eigenvalue weighted by Gasteiger charge is -2.26. The van der Waals surface area contributed by atoms with Crippen molar-refractivity contribution < 1.29 is 19.4 Å². The number of hydrogen-bond donors (Lipinski definition) is 2. The van der Waals surface area contributed by atoms with Gasteiger partial charge in [0.05, 0.1) is 32.1 Å². The first-order chi connectivity index (χ1) is 21.6. The third-order valence-corrected chi connectivity index (χ3v) is 8.52. The molecule has 10 nitrogen and oxygen atoms in total. The summed E-state index contributed by atoms with van der Waals surface area (Å²) in [5.74, 6) is 1.70. The van der Waals surface area contributed by atoms with E-state index in [4.69, 9.17) is 30.1 Å². The number of nitrogens with two attached hydrogens (primary N) is 1. The van der Waals surface area contributed by atoms with Crippen LogP contribution in [0.25, 0.3) is 11.3 Å². The molecule has 0 amide bonds. The number of anilines is 1. The minimum atomic E-state index is 0.0811. The average Bonchev–Trinajstić information content (AvgIpc) is 3.49. The Balaban J connectivity index is 1.12. The van der Waals surface area contributed by atoms with Crippen LogP contribution in [-0.2, 0) is 17.8 Å². The van der Waals surface area contributed by atoms with Gasteiger partial charge in [-0.1, -0.05) is 16.5 Å². The largest absolute Gasteiger partial charge is 0.494 e. The Kier molecular flexibility index (Phi) is 11.4. The van der Waals surface area contributed by atoms with Crippen LogP contribution in [0.3, 0.4) is 0 Å². The van der Waals surface area contributed by atoms with Crippen LogP contribution in [-0.4, -0.2) is 72.5 Å². The number of morpholine rings is 1. The first kappa shape index (κ1) is 31.2. The van der Waals surface area contributed by atoms with Gasteiger partial charge in [-0.3, -0.25) is 9.88 Å². The van der Waals surface area contributed by atoms with E-state index in [-0.39, 0.29) is 5.84 Å². The number of aromatic nitrogens is 2. The van der Waals surface area contributed by atoms with E-state index < -0.39 is 0 Å². The Morgan fingerprint density at radius 3 is 2.23 bits per heavy atom. The quantitative estimate of drug-likeness (QED) is 0.0595. The molecule has 1 aliphatic heterocycles. The van der Waals surface area contributed by atoms with E-state index in [1.807, 2.05) is 48.8 Å². The molecule has 0 atom stereocenters. The van der Waals surface area contributed by atoms with E-state index >= 15 is 0 Å². The maximum Gasteiger partial charge on any atom is 0.186 e. The number of hydrogen-bond acceptors (Lipinski definition) is 10. The van der Waals surface area contributed by atoms with E-state index in [2.05, 4.69) is 39.1 Å². The fourth-order valence-corrected chi connectivity index (χ4v) is 5.96. The maximum absolute atomic E-state index is 8.76. The van der Waals surface area contributed by atoms with Crippen molar-refractivity contribution in [2.24, 2.45) is 10.9 Å². The maximum atomic E-state index is 8.76. The second-order valence-corrected chi connectivity index (χ2v) is 11.7. The fourth-order valence-electron chi connectivity index (χ4n) is 4.88. The topological polar surface area (TPSA) is 119 Å². The van der Waals surface area contributed by atoms with Crippen LogP contribution in [0.1, 0.15) is 35.3 Å². The molecule has 3 heterocycles. The number of nitrogens with zero attached hydrogens (tertiary/aromatic N) is 5. The number of pyridine rings is 1. The predicted molar refractivity (Wildman–Crippen MR) is 174 cm³/mol. The molecule has 0 saturated carbocycles. The number of amidine groups is 1. The minimum Gasteiger partial charge on any atom is -0.494 e. The Bertz CT molecular complexity index is 1460. The third-order valence-electron chi connectivity index (χ3n) is 7.36.